The molecule has 0 spiro atoms. The summed E-state index contributed by atoms with van der Waals surface area (Å²) in [5.41, 5.74) is 2.73. The number of amides is 2. The predicted molar refractivity (Wildman–Crippen MR) is 117 cm³/mol. The van der Waals surface area contributed by atoms with Gasteiger partial charge in [-0.25, -0.2) is 0 Å². The first-order valence-corrected chi connectivity index (χ1v) is 11.5. The van der Waals surface area contributed by atoms with Crippen molar-refractivity contribution >= 4 is 28.8 Å². The predicted octanol–water partition coefficient (Wildman–Crippen LogP) is 4.18. The van der Waals surface area contributed by atoms with Gasteiger partial charge in [0, 0.05) is 41.8 Å². The molecule has 2 aromatic rings. The van der Waals surface area contributed by atoms with Gasteiger partial charge in [0.15, 0.2) is 0 Å². The molecule has 2 aliphatic rings. The fourth-order valence-corrected chi connectivity index (χ4v) is 5.26. The number of hydrogen-bond acceptors (Lipinski definition) is 4. The summed E-state index contributed by atoms with van der Waals surface area (Å²) in [5, 5.41) is 5.19. The minimum absolute atomic E-state index is 0.000846. The molecule has 29 heavy (non-hydrogen) atoms. The molecule has 1 fully saturated rings. The Bertz CT molecular complexity index is 886. The van der Waals surface area contributed by atoms with Crippen molar-refractivity contribution in [2.75, 3.05) is 31.5 Å². The molecule has 2 amide bonds. The lowest BCUT2D eigenvalue weighted by Gasteiger charge is -2.35. The number of thiophene rings is 1. The second-order valence-corrected chi connectivity index (χ2v) is 8.91. The van der Waals surface area contributed by atoms with Crippen LogP contribution in [0, 0.1) is 5.92 Å². The van der Waals surface area contributed by atoms with E-state index in [1.165, 1.54) is 23.3 Å². The van der Waals surface area contributed by atoms with Crippen molar-refractivity contribution in [2.45, 2.75) is 39.2 Å². The third-order valence-electron chi connectivity index (χ3n) is 5.98. The summed E-state index contributed by atoms with van der Waals surface area (Å²) in [7, 11) is 0. The summed E-state index contributed by atoms with van der Waals surface area (Å²) in [5.74, 6) is 0.675. The lowest BCUT2D eigenvalue weighted by atomic mass is 9.96. The fourth-order valence-electron chi connectivity index (χ4n) is 4.35. The van der Waals surface area contributed by atoms with Gasteiger partial charge in [-0.2, -0.15) is 0 Å². The summed E-state index contributed by atoms with van der Waals surface area (Å²) in [4.78, 5) is 31.0. The zero-order valence-electron chi connectivity index (χ0n) is 17.2. The molecule has 0 unspecified atom stereocenters. The maximum Gasteiger partial charge on any atom is 0.253 e. The molecule has 6 heteroatoms. The van der Waals surface area contributed by atoms with E-state index in [1.54, 1.807) is 11.0 Å². The van der Waals surface area contributed by atoms with E-state index in [9.17, 15) is 9.59 Å². The molecule has 0 radical (unpaired) electrons. The van der Waals surface area contributed by atoms with Crippen LogP contribution in [-0.4, -0.2) is 47.8 Å². The Labute approximate surface area is 176 Å². The highest BCUT2D eigenvalue weighted by Crippen LogP contribution is 2.48. The van der Waals surface area contributed by atoms with Crippen LogP contribution in [0.2, 0.25) is 0 Å². The number of hydrogen-bond donors (Lipinski definition) is 1. The number of carbonyl (C=O) groups excluding carboxylic acids is 2. The van der Waals surface area contributed by atoms with Gasteiger partial charge in [0.1, 0.15) is 0 Å². The minimum Gasteiger partial charge on any atom is -0.339 e. The van der Waals surface area contributed by atoms with Crippen molar-refractivity contribution in [1.29, 1.82) is 0 Å². The van der Waals surface area contributed by atoms with E-state index in [4.69, 9.17) is 0 Å². The van der Waals surface area contributed by atoms with Crippen LogP contribution in [0.1, 0.15) is 53.5 Å². The Kier molecular flexibility index (Phi) is 6.01. The minimum atomic E-state index is -0.0123. The number of nitrogens with zero attached hydrogens (tertiary/aromatic N) is 2. The van der Waals surface area contributed by atoms with Crippen molar-refractivity contribution in [3.05, 3.63) is 51.7 Å². The Morgan fingerprint density at radius 2 is 2.00 bits per heavy atom. The molecule has 1 N–H and O–H groups in total. The van der Waals surface area contributed by atoms with Gasteiger partial charge in [-0.1, -0.05) is 6.07 Å². The number of anilines is 1. The Balaban J connectivity index is 1.42. The van der Waals surface area contributed by atoms with Crippen molar-refractivity contribution < 1.29 is 9.59 Å². The summed E-state index contributed by atoms with van der Waals surface area (Å²) in [6.45, 7) is 6.62. The zero-order chi connectivity index (χ0) is 20.4. The second-order valence-electron chi connectivity index (χ2n) is 7.91. The quantitative estimate of drug-likeness (QED) is 0.744. The highest BCUT2D eigenvalue weighted by molar-refractivity contribution is 7.10. The van der Waals surface area contributed by atoms with Gasteiger partial charge in [-0.05, 0) is 74.2 Å². The Morgan fingerprint density at radius 3 is 2.72 bits per heavy atom. The summed E-state index contributed by atoms with van der Waals surface area (Å²) in [6.07, 6.45) is 3.54. The summed E-state index contributed by atoms with van der Waals surface area (Å²) < 4.78 is 0. The molecule has 1 aromatic carbocycles. The van der Waals surface area contributed by atoms with E-state index in [0.29, 0.717) is 42.8 Å². The fraction of sp³-hybridized carbons (Fsp3) is 0.478. The van der Waals surface area contributed by atoms with Gasteiger partial charge in [0.25, 0.3) is 5.91 Å². The van der Waals surface area contributed by atoms with Gasteiger partial charge in [0.2, 0.25) is 5.91 Å². The molecule has 4 rings (SSSR count). The van der Waals surface area contributed by atoms with Crippen molar-refractivity contribution in [3.63, 3.8) is 0 Å². The molecule has 1 saturated carbocycles. The van der Waals surface area contributed by atoms with E-state index in [2.05, 4.69) is 21.7 Å². The summed E-state index contributed by atoms with van der Waals surface area (Å²) >= 11 is 1.84. The molecule has 1 atom stereocenters. The highest BCUT2D eigenvalue weighted by atomic mass is 32.1. The summed E-state index contributed by atoms with van der Waals surface area (Å²) in [6, 6.07) is 9.90. The number of carbonyl (C=O) groups is 2. The highest BCUT2D eigenvalue weighted by Gasteiger charge is 2.40. The van der Waals surface area contributed by atoms with E-state index in [-0.39, 0.29) is 11.8 Å². The molecule has 1 aromatic heterocycles. The van der Waals surface area contributed by atoms with Crippen LogP contribution in [0.15, 0.2) is 35.7 Å². The number of fused-ring (bicyclic) bond motifs is 1. The molecular formula is C23H29N3O2S. The van der Waals surface area contributed by atoms with E-state index in [0.717, 1.165) is 13.0 Å². The second kappa shape index (κ2) is 8.67. The van der Waals surface area contributed by atoms with Crippen LogP contribution in [-0.2, 0) is 11.2 Å². The Morgan fingerprint density at radius 1 is 1.21 bits per heavy atom. The molecule has 2 heterocycles. The van der Waals surface area contributed by atoms with Crippen molar-refractivity contribution in [2.24, 2.45) is 5.92 Å². The monoisotopic (exact) mass is 411 g/mol. The Hall–Kier alpha value is -2.18. The van der Waals surface area contributed by atoms with Crippen LogP contribution < -0.4 is 5.32 Å². The molecule has 0 bridgehead atoms. The van der Waals surface area contributed by atoms with E-state index in [1.807, 2.05) is 43.4 Å². The van der Waals surface area contributed by atoms with Crippen LogP contribution >= 0.6 is 11.3 Å². The first-order valence-electron chi connectivity index (χ1n) is 10.6. The molecular weight excluding hydrogens is 382 g/mol. The normalized spacial score (nSPS) is 18.9. The maximum atomic E-state index is 12.8. The first-order chi connectivity index (χ1) is 14.1. The van der Waals surface area contributed by atoms with Crippen LogP contribution in [0.4, 0.5) is 5.69 Å². The molecule has 1 aliphatic carbocycles. The third kappa shape index (κ3) is 4.38. The van der Waals surface area contributed by atoms with Gasteiger partial charge in [0.05, 0.1) is 6.54 Å². The standard InChI is InChI=1S/C23H29N3O2S/c1-3-25(4-2)23(28)17-6-5-7-18(14-17)24-21(27)15-26-12-10-20-19(11-13-29-20)22(26)16-8-9-16/h5-7,11,13-14,16,22H,3-4,8-10,12,15H2,1-2H3,(H,24,27)/t22-/m0/s1. The van der Waals surface area contributed by atoms with Crippen LogP contribution in [0.25, 0.3) is 0 Å². The zero-order valence-corrected chi connectivity index (χ0v) is 18.0. The molecule has 1 aliphatic heterocycles. The van der Waals surface area contributed by atoms with Gasteiger partial charge in [-0.15, -0.1) is 11.3 Å². The van der Waals surface area contributed by atoms with Crippen molar-refractivity contribution in [1.82, 2.24) is 9.80 Å². The largest absolute Gasteiger partial charge is 0.339 e. The van der Waals surface area contributed by atoms with Crippen LogP contribution in [0.3, 0.4) is 0 Å². The average molecular weight is 412 g/mol. The van der Waals surface area contributed by atoms with Gasteiger partial charge in [-0.3, -0.25) is 14.5 Å². The third-order valence-corrected chi connectivity index (χ3v) is 6.97. The van der Waals surface area contributed by atoms with Gasteiger partial charge >= 0.3 is 0 Å². The number of nitrogens with one attached hydrogen (secondary N) is 1. The number of benzene rings is 1. The average Bonchev–Trinajstić information content (AvgIpc) is 3.44. The van der Waals surface area contributed by atoms with E-state index < -0.39 is 0 Å². The molecule has 5 nitrogen and oxygen atoms in total. The molecule has 154 valence electrons. The first kappa shape index (κ1) is 20.1. The topological polar surface area (TPSA) is 52.7 Å². The number of rotatable bonds is 7. The van der Waals surface area contributed by atoms with E-state index >= 15 is 0 Å². The van der Waals surface area contributed by atoms with Crippen molar-refractivity contribution in [3.8, 4) is 0 Å². The lowest BCUT2D eigenvalue weighted by Crippen LogP contribution is -2.41. The lowest BCUT2D eigenvalue weighted by molar-refractivity contribution is -0.118. The molecule has 0 saturated heterocycles. The van der Waals surface area contributed by atoms with Gasteiger partial charge < -0.3 is 10.2 Å². The smallest absolute Gasteiger partial charge is 0.253 e. The maximum absolute atomic E-state index is 12.8. The van der Waals surface area contributed by atoms with Crippen LogP contribution in [0.5, 0.6) is 0 Å². The SMILES string of the molecule is CCN(CC)C(=O)c1cccc(NC(=O)CN2CCc3sccc3[C@@H]2C2CC2)c1.